The van der Waals surface area contributed by atoms with E-state index in [9.17, 15) is 9.59 Å². The molecule has 3 saturated carbocycles. The number of hydrogen-bond donors (Lipinski definition) is 2. The zero-order chi connectivity index (χ0) is 15.9. The van der Waals surface area contributed by atoms with Gasteiger partial charge in [-0.05, 0) is 50.4 Å². The maximum Gasteiger partial charge on any atom is 0.317 e. The number of nitrogens with one attached hydrogen (secondary N) is 1. The zero-order valence-electron chi connectivity index (χ0n) is 13.7. The molecular weight excluding hydrogens is 280 g/mol. The van der Waals surface area contributed by atoms with Crippen molar-refractivity contribution < 1.29 is 14.7 Å². The molecular formula is C17H28N2O3. The van der Waals surface area contributed by atoms with Crippen molar-refractivity contribution in [2.75, 3.05) is 13.1 Å². The minimum atomic E-state index is -0.745. The van der Waals surface area contributed by atoms with Crippen molar-refractivity contribution >= 4 is 11.9 Å². The molecule has 0 atom stereocenters. The first-order chi connectivity index (χ1) is 10.4. The first kappa shape index (κ1) is 15.8. The van der Waals surface area contributed by atoms with Gasteiger partial charge < -0.3 is 10.4 Å². The fraction of sp³-hybridized carbons (Fsp3) is 0.882. The van der Waals surface area contributed by atoms with E-state index in [1.807, 2.05) is 0 Å². The molecule has 0 spiro atoms. The predicted octanol–water partition coefficient (Wildman–Crippen LogP) is 1.87. The smallest absolute Gasteiger partial charge is 0.317 e. The molecule has 3 rings (SSSR count). The van der Waals surface area contributed by atoms with Crippen LogP contribution in [0, 0.1) is 17.3 Å². The zero-order valence-corrected chi connectivity index (χ0v) is 13.7. The second kappa shape index (κ2) is 5.84. The topological polar surface area (TPSA) is 69.6 Å². The van der Waals surface area contributed by atoms with E-state index in [4.69, 9.17) is 5.11 Å². The van der Waals surface area contributed by atoms with Crippen molar-refractivity contribution in [1.82, 2.24) is 10.2 Å². The summed E-state index contributed by atoms with van der Waals surface area (Å²) < 4.78 is 0. The van der Waals surface area contributed by atoms with Crippen molar-refractivity contribution in [3.8, 4) is 0 Å². The van der Waals surface area contributed by atoms with Gasteiger partial charge in [-0.15, -0.1) is 0 Å². The van der Waals surface area contributed by atoms with Gasteiger partial charge >= 0.3 is 5.97 Å². The lowest BCUT2D eigenvalue weighted by molar-refractivity contribution is -0.140. The highest BCUT2D eigenvalue weighted by Gasteiger charge is 2.53. The average Bonchev–Trinajstić information content (AvgIpc) is 3.22. The van der Waals surface area contributed by atoms with Crippen LogP contribution in [0.25, 0.3) is 0 Å². The maximum atomic E-state index is 12.4. The lowest BCUT2D eigenvalue weighted by atomic mass is 9.83. The van der Waals surface area contributed by atoms with Gasteiger partial charge in [0.1, 0.15) is 0 Å². The molecule has 124 valence electrons. The molecule has 22 heavy (non-hydrogen) atoms. The van der Waals surface area contributed by atoms with Crippen LogP contribution in [0.15, 0.2) is 0 Å². The van der Waals surface area contributed by atoms with Gasteiger partial charge in [-0.1, -0.05) is 13.8 Å². The Balaban J connectivity index is 1.46. The Morgan fingerprint density at radius 3 is 2.36 bits per heavy atom. The first-order valence-electron chi connectivity index (χ1n) is 8.67. The molecule has 0 bridgehead atoms. The molecule has 5 heteroatoms. The summed E-state index contributed by atoms with van der Waals surface area (Å²) in [4.78, 5) is 25.5. The fourth-order valence-corrected chi connectivity index (χ4v) is 3.68. The van der Waals surface area contributed by atoms with Gasteiger partial charge in [-0.2, -0.15) is 0 Å². The van der Waals surface area contributed by atoms with E-state index in [1.54, 1.807) is 0 Å². The van der Waals surface area contributed by atoms with Crippen molar-refractivity contribution in [1.29, 1.82) is 0 Å². The predicted molar refractivity (Wildman–Crippen MR) is 83.4 cm³/mol. The highest BCUT2D eigenvalue weighted by atomic mass is 16.4. The van der Waals surface area contributed by atoms with Gasteiger partial charge in [-0.3, -0.25) is 14.5 Å². The summed E-state index contributed by atoms with van der Waals surface area (Å²) in [6, 6.07) is 0.570. The Bertz CT molecular complexity index is 449. The standard InChI is InChI=1S/C17H28N2O3/c1-11(2)17(5-6-17)16(22)18-13-7-14(8-13)19(10-15(20)21)9-12-3-4-12/h11-14H,3-10H2,1-2H3,(H,18,22)(H,20,21). The third-order valence-corrected chi connectivity index (χ3v) is 5.84. The summed E-state index contributed by atoms with van der Waals surface area (Å²) in [5.74, 6) is 0.577. The van der Waals surface area contributed by atoms with Crippen LogP contribution in [0.4, 0.5) is 0 Å². The first-order valence-corrected chi connectivity index (χ1v) is 8.67. The largest absolute Gasteiger partial charge is 0.480 e. The molecule has 0 aromatic rings. The summed E-state index contributed by atoms with van der Waals surface area (Å²) >= 11 is 0. The number of carbonyl (C=O) groups excluding carboxylic acids is 1. The summed E-state index contributed by atoms with van der Waals surface area (Å²) in [5.41, 5.74) is -0.111. The van der Waals surface area contributed by atoms with Crippen molar-refractivity contribution in [2.24, 2.45) is 17.3 Å². The minimum Gasteiger partial charge on any atom is -0.480 e. The number of carboxylic acids is 1. The van der Waals surface area contributed by atoms with Crippen molar-refractivity contribution in [2.45, 2.75) is 64.5 Å². The summed E-state index contributed by atoms with van der Waals surface area (Å²) in [6.07, 6.45) is 6.30. The molecule has 2 N–H and O–H groups in total. The lowest BCUT2D eigenvalue weighted by Gasteiger charge is -2.43. The third-order valence-electron chi connectivity index (χ3n) is 5.84. The Hall–Kier alpha value is -1.10. The normalized spacial score (nSPS) is 29.3. The molecule has 0 saturated heterocycles. The van der Waals surface area contributed by atoms with Crippen molar-refractivity contribution in [3.63, 3.8) is 0 Å². The minimum absolute atomic E-state index is 0.111. The molecule has 3 aliphatic rings. The SMILES string of the molecule is CC(C)C1(C(=O)NC2CC(N(CC(=O)O)CC3CC3)C2)CC1. The second-order valence-electron chi connectivity index (χ2n) is 7.87. The average molecular weight is 308 g/mol. The molecule has 0 aromatic heterocycles. The van der Waals surface area contributed by atoms with Gasteiger partial charge in [0.15, 0.2) is 0 Å². The van der Waals surface area contributed by atoms with Crippen LogP contribution in [-0.4, -0.2) is 47.1 Å². The number of rotatable bonds is 8. The second-order valence-corrected chi connectivity index (χ2v) is 7.87. The van der Waals surface area contributed by atoms with Crippen LogP contribution in [0.2, 0.25) is 0 Å². The van der Waals surface area contributed by atoms with Crippen LogP contribution >= 0.6 is 0 Å². The summed E-state index contributed by atoms with van der Waals surface area (Å²) in [5, 5.41) is 12.3. The highest BCUT2D eigenvalue weighted by Crippen LogP contribution is 2.52. The monoisotopic (exact) mass is 308 g/mol. The van der Waals surface area contributed by atoms with E-state index in [0.29, 0.717) is 17.9 Å². The molecule has 0 unspecified atom stereocenters. The maximum absolute atomic E-state index is 12.4. The molecule has 3 fully saturated rings. The van der Waals surface area contributed by atoms with Gasteiger partial charge in [-0.25, -0.2) is 0 Å². The summed E-state index contributed by atoms with van der Waals surface area (Å²) in [6.45, 7) is 5.30. The number of hydrogen-bond acceptors (Lipinski definition) is 3. The van der Waals surface area contributed by atoms with Gasteiger partial charge in [0.05, 0.1) is 12.0 Å². The Morgan fingerprint density at radius 2 is 1.91 bits per heavy atom. The third kappa shape index (κ3) is 3.29. The van der Waals surface area contributed by atoms with E-state index in [2.05, 4.69) is 24.1 Å². The van der Waals surface area contributed by atoms with E-state index >= 15 is 0 Å². The molecule has 3 aliphatic carbocycles. The van der Waals surface area contributed by atoms with Crippen LogP contribution in [0.5, 0.6) is 0 Å². The van der Waals surface area contributed by atoms with Gasteiger partial charge in [0.2, 0.25) is 5.91 Å². The quantitative estimate of drug-likeness (QED) is 0.718. The number of amides is 1. The highest BCUT2D eigenvalue weighted by molar-refractivity contribution is 5.85. The lowest BCUT2D eigenvalue weighted by Crippen LogP contribution is -2.56. The molecule has 0 heterocycles. The van der Waals surface area contributed by atoms with E-state index in [0.717, 1.165) is 32.2 Å². The molecule has 0 radical (unpaired) electrons. The molecule has 5 nitrogen and oxygen atoms in total. The molecule has 1 amide bonds. The Kier molecular flexibility index (Phi) is 4.19. The van der Waals surface area contributed by atoms with Crippen LogP contribution in [0.3, 0.4) is 0 Å². The van der Waals surface area contributed by atoms with Gasteiger partial charge in [0.25, 0.3) is 0 Å². The number of nitrogens with zero attached hydrogens (tertiary/aromatic N) is 1. The van der Waals surface area contributed by atoms with E-state index in [-0.39, 0.29) is 23.9 Å². The van der Waals surface area contributed by atoms with Gasteiger partial charge in [0, 0.05) is 18.6 Å². The Labute approximate surface area is 132 Å². The van der Waals surface area contributed by atoms with Crippen LogP contribution in [-0.2, 0) is 9.59 Å². The fourth-order valence-electron chi connectivity index (χ4n) is 3.68. The number of carboxylic acid groups (broad SMARTS) is 1. The van der Waals surface area contributed by atoms with E-state index in [1.165, 1.54) is 12.8 Å². The molecule has 0 aliphatic heterocycles. The summed E-state index contributed by atoms with van der Waals surface area (Å²) in [7, 11) is 0. The van der Waals surface area contributed by atoms with Crippen LogP contribution in [0.1, 0.15) is 52.4 Å². The molecule has 0 aromatic carbocycles. The number of carbonyl (C=O) groups is 2. The van der Waals surface area contributed by atoms with E-state index < -0.39 is 5.97 Å². The Morgan fingerprint density at radius 1 is 1.27 bits per heavy atom. The number of aliphatic carboxylic acids is 1. The van der Waals surface area contributed by atoms with Crippen molar-refractivity contribution in [3.05, 3.63) is 0 Å². The van der Waals surface area contributed by atoms with Crippen LogP contribution < -0.4 is 5.32 Å².